The van der Waals surface area contributed by atoms with Gasteiger partial charge in [0.05, 0.1) is 15.7 Å². The third-order valence-corrected chi connectivity index (χ3v) is 6.67. The van der Waals surface area contributed by atoms with Crippen LogP contribution in [0.3, 0.4) is 0 Å². The van der Waals surface area contributed by atoms with Gasteiger partial charge in [-0.25, -0.2) is 0 Å². The van der Waals surface area contributed by atoms with E-state index in [0.29, 0.717) is 10.0 Å². The quantitative estimate of drug-likeness (QED) is 0.855. The number of piperidine rings is 1. The molecule has 2 fully saturated rings. The first-order chi connectivity index (χ1) is 12.1. The molecule has 25 heavy (non-hydrogen) atoms. The number of fused-ring (bicyclic) bond motifs is 2. The lowest BCUT2D eigenvalue weighted by atomic mass is 9.64. The van der Waals surface area contributed by atoms with Gasteiger partial charge in [0, 0.05) is 37.7 Å². The zero-order chi connectivity index (χ0) is 17.4. The SMILES string of the molecule is OC1(c2ccccn2)[C@H]2CCC[C@H]1CN(Cc1cccc(Cl)c1Cl)C2. The second kappa shape index (κ2) is 6.88. The number of pyridine rings is 1. The van der Waals surface area contributed by atoms with Gasteiger partial charge >= 0.3 is 0 Å². The van der Waals surface area contributed by atoms with Crippen LogP contribution in [0.1, 0.15) is 30.5 Å². The highest BCUT2D eigenvalue weighted by molar-refractivity contribution is 6.42. The van der Waals surface area contributed by atoms with Crippen LogP contribution in [0, 0.1) is 11.8 Å². The number of aromatic nitrogens is 1. The number of likely N-dealkylation sites (tertiary alicyclic amines) is 1. The van der Waals surface area contributed by atoms with Crippen molar-refractivity contribution in [2.24, 2.45) is 11.8 Å². The van der Waals surface area contributed by atoms with E-state index < -0.39 is 5.60 Å². The van der Waals surface area contributed by atoms with E-state index in [9.17, 15) is 5.11 Å². The molecule has 0 radical (unpaired) electrons. The number of halogens is 2. The van der Waals surface area contributed by atoms with Crippen molar-refractivity contribution >= 4 is 23.2 Å². The standard InChI is InChI=1S/C20H22Cl2N2O/c21-17-8-3-5-14(19(17)22)11-24-12-15-6-4-7-16(13-24)20(15,25)18-9-1-2-10-23-18/h1-3,5,8-10,15-16,25H,4,6-7,11-13H2/t15-,16-/m0/s1. The van der Waals surface area contributed by atoms with Crippen molar-refractivity contribution in [2.75, 3.05) is 13.1 Å². The lowest BCUT2D eigenvalue weighted by molar-refractivity contribution is -0.151. The largest absolute Gasteiger partial charge is 0.383 e. The molecule has 1 aromatic carbocycles. The maximum absolute atomic E-state index is 11.6. The smallest absolute Gasteiger partial charge is 0.114 e. The minimum atomic E-state index is -0.811. The van der Waals surface area contributed by atoms with Crippen LogP contribution >= 0.6 is 23.2 Å². The fraction of sp³-hybridized carbons (Fsp3) is 0.450. The van der Waals surface area contributed by atoms with Gasteiger partial charge in [-0.2, -0.15) is 0 Å². The molecular weight excluding hydrogens is 355 g/mol. The zero-order valence-electron chi connectivity index (χ0n) is 14.0. The molecule has 0 unspecified atom stereocenters. The van der Waals surface area contributed by atoms with Crippen molar-refractivity contribution in [1.82, 2.24) is 9.88 Å². The molecule has 2 bridgehead atoms. The highest BCUT2D eigenvalue weighted by Gasteiger charge is 2.52. The van der Waals surface area contributed by atoms with E-state index in [2.05, 4.69) is 9.88 Å². The molecule has 0 amide bonds. The van der Waals surface area contributed by atoms with Crippen LogP contribution in [0.15, 0.2) is 42.6 Å². The van der Waals surface area contributed by atoms with Crippen molar-refractivity contribution in [3.05, 3.63) is 63.9 Å². The van der Waals surface area contributed by atoms with Gasteiger partial charge < -0.3 is 5.11 Å². The highest BCUT2D eigenvalue weighted by atomic mass is 35.5. The molecule has 2 aromatic rings. The van der Waals surface area contributed by atoms with Gasteiger partial charge in [0.25, 0.3) is 0 Å². The maximum Gasteiger partial charge on any atom is 0.114 e. The monoisotopic (exact) mass is 376 g/mol. The predicted octanol–water partition coefficient (Wildman–Crippen LogP) is 4.51. The Morgan fingerprint density at radius 1 is 1.08 bits per heavy atom. The average Bonchev–Trinajstić information content (AvgIpc) is 2.60. The summed E-state index contributed by atoms with van der Waals surface area (Å²) in [6.07, 6.45) is 5.02. The van der Waals surface area contributed by atoms with Crippen LogP contribution in [-0.4, -0.2) is 28.1 Å². The van der Waals surface area contributed by atoms with E-state index in [1.807, 2.05) is 36.4 Å². The number of benzene rings is 1. The molecular formula is C20H22Cl2N2O. The number of rotatable bonds is 3. The van der Waals surface area contributed by atoms with Gasteiger partial charge in [0.15, 0.2) is 0 Å². The van der Waals surface area contributed by atoms with Gasteiger partial charge in [-0.1, -0.05) is 47.8 Å². The van der Waals surface area contributed by atoms with E-state index >= 15 is 0 Å². The molecule has 3 nitrogen and oxygen atoms in total. The zero-order valence-corrected chi connectivity index (χ0v) is 15.5. The number of nitrogens with zero attached hydrogens (tertiary/aromatic N) is 2. The first-order valence-corrected chi connectivity index (χ1v) is 9.63. The normalized spacial score (nSPS) is 29.6. The summed E-state index contributed by atoms with van der Waals surface area (Å²) in [5.41, 5.74) is 1.06. The minimum Gasteiger partial charge on any atom is -0.383 e. The van der Waals surface area contributed by atoms with E-state index in [4.69, 9.17) is 23.2 Å². The van der Waals surface area contributed by atoms with Gasteiger partial charge in [0.1, 0.15) is 5.60 Å². The summed E-state index contributed by atoms with van der Waals surface area (Å²) in [6.45, 7) is 2.48. The second-order valence-electron chi connectivity index (χ2n) is 7.27. The third-order valence-electron chi connectivity index (χ3n) is 5.81. The van der Waals surface area contributed by atoms with Crippen LogP contribution in [0.2, 0.25) is 10.0 Å². The highest BCUT2D eigenvalue weighted by Crippen LogP contribution is 2.48. The second-order valence-corrected chi connectivity index (χ2v) is 8.06. The average molecular weight is 377 g/mol. The van der Waals surface area contributed by atoms with Crippen molar-refractivity contribution in [2.45, 2.75) is 31.4 Å². The van der Waals surface area contributed by atoms with Gasteiger partial charge in [-0.3, -0.25) is 9.88 Å². The Bertz CT molecular complexity index is 739. The molecule has 2 aliphatic rings. The van der Waals surface area contributed by atoms with Crippen LogP contribution in [-0.2, 0) is 12.1 Å². The molecule has 132 valence electrons. The Kier molecular flexibility index (Phi) is 4.76. The summed E-state index contributed by atoms with van der Waals surface area (Å²) in [4.78, 5) is 6.89. The predicted molar refractivity (Wildman–Crippen MR) is 101 cm³/mol. The van der Waals surface area contributed by atoms with Gasteiger partial charge in [0.2, 0.25) is 0 Å². The van der Waals surface area contributed by atoms with Crippen LogP contribution in [0.25, 0.3) is 0 Å². The van der Waals surface area contributed by atoms with Crippen LogP contribution in [0.4, 0.5) is 0 Å². The molecule has 1 N–H and O–H groups in total. The Hall–Kier alpha value is -1.13. The lowest BCUT2D eigenvalue weighted by Gasteiger charge is -2.52. The first kappa shape index (κ1) is 17.3. The molecule has 1 aliphatic carbocycles. The van der Waals surface area contributed by atoms with Crippen molar-refractivity contribution in [3.8, 4) is 0 Å². The molecule has 1 aromatic heterocycles. The Labute approximate surface area is 158 Å². The Morgan fingerprint density at radius 3 is 2.52 bits per heavy atom. The summed E-state index contributed by atoms with van der Waals surface area (Å²) in [5, 5.41) is 12.8. The fourth-order valence-corrected chi connectivity index (χ4v) is 4.98. The number of hydrogen-bond donors (Lipinski definition) is 1. The third kappa shape index (κ3) is 3.08. The van der Waals surface area contributed by atoms with E-state index in [1.165, 1.54) is 6.42 Å². The molecule has 2 atom stereocenters. The van der Waals surface area contributed by atoms with Crippen molar-refractivity contribution in [1.29, 1.82) is 0 Å². The first-order valence-electron chi connectivity index (χ1n) is 8.88. The molecule has 1 aliphatic heterocycles. The van der Waals surface area contributed by atoms with Gasteiger partial charge in [-0.15, -0.1) is 0 Å². The molecule has 1 saturated heterocycles. The summed E-state index contributed by atoms with van der Waals surface area (Å²) in [7, 11) is 0. The minimum absolute atomic E-state index is 0.202. The summed E-state index contributed by atoms with van der Waals surface area (Å²) < 4.78 is 0. The van der Waals surface area contributed by atoms with Gasteiger partial charge in [-0.05, 0) is 36.6 Å². The summed E-state index contributed by atoms with van der Waals surface area (Å²) >= 11 is 12.5. The number of hydrogen-bond acceptors (Lipinski definition) is 3. The van der Waals surface area contributed by atoms with Crippen LogP contribution in [0.5, 0.6) is 0 Å². The molecule has 4 rings (SSSR count). The van der Waals surface area contributed by atoms with Crippen molar-refractivity contribution in [3.63, 3.8) is 0 Å². The molecule has 2 heterocycles. The Morgan fingerprint density at radius 2 is 1.84 bits per heavy atom. The summed E-state index contributed by atoms with van der Waals surface area (Å²) in [6, 6.07) is 11.6. The lowest BCUT2D eigenvalue weighted by Crippen LogP contribution is -2.58. The molecule has 1 saturated carbocycles. The van der Waals surface area contributed by atoms with E-state index in [0.717, 1.165) is 43.7 Å². The Balaban J connectivity index is 1.58. The topological polar surface area (TPSA) is 36.4 Å². The molecule has 5 heteroatoms. The van der Waals surface area contributed by atoms with E-state index in [-0.39, 0.29) is 11.8 Å². The molecule has 0 spiro atoms. The van der Waals surface area contributed by atoms with Crippen LogP contribution < -0.4 is 0 Å². The maximum atomic E-state index is 11.6. The summed E-state index contributed by atoms with van der Waals surface area (Å²) in [5.74, 6) is 0.403. The fourth-order valence-electron chi connectivity index (χ4n) is 4.60. The van der Waals surface area contributed by atoms with E-state index in [1.54, 1.807) is 6.20 Å². The number of aliphatic hydroxyl groups is 1. The van der Waals surface area contributed by atoms with Crippen molar-refractivity contribution < 1.29 is 5.11 Å².